The number of likely N-dealkylation sites (N-methyl/N-ethyl adjacent to an activating group) is 1. The largest absolute Gasteiger partial charge is 0.339 e. The first-order chi connectivity index (χ1) is 12.6. The molecule has 3 rings (SSSR count). The lowest BCUT2D eigenvalue weighted by Crippen LogP contribution is -2.46. The van der Waals surface area contributed by atoms with Gasteiger partial charge in [0.05, 0.1) is 0 Å². The van der Waals surface area contributed by atoms with Gasteiger partial charge in [0.1, 0.15) is 6.04 Å². The van der Waals surface area contributed by atoms with E-state index in [0.717, 1.165) is 28.4 Å². The molecule has 0 spiro atoms. The lowest BCUT2D eigenvalue weighted by molar-refractivity contribution is -0.147. The molecule has 4 nitrogen and oxygen atoms in total. The Labute approximate surface area is 162 Å². The number of hydrogen-bond donors (Lipinski definition) is 0. The molecule has 0 N–H and O–H groups in total. The van der Waals surface area contributed by atoms with E-state index >= 15 is 0 Å². The van der Waals surface area contributed by atoms with Crippen molar-refractivity contribution in [3.05, 3.63) is 70.2 Å². The number of hydrogen-bond acceptors (Lipinski definition) is 2. The molecule has 0 aromatic heterocycles. The molecule has 26 heavy (non-hydrogen) atoms. The van der Waals surface area contributed by atoms with Crippen LogP contribution in [-0.4, -0.2) is 35.2 Å². The molecule has 0 bridgehead atoms. The first kappa shape index (κ1) is 18.6. The van der Waals surface area contributed by atoms with Crippen molar-refractivity contribution in [3.63, 3.8) is 0 Å². The number of carbonyl (C=O) groups excluding carboxylic acids is 2. The van der Waals surface area contributed by atoms with Crippen LogP contribution in [0.1, 0.15) is 36.4 Å². The van der Waals surface area contributed by atoms with Gasteiger partial charge >= 0.3 is 0 Å². The molecule has 2 aromatic carbocycles. The standard InChI is InChI=1S/C21H23BrN2O2/c1-23(15-16-10-12-18(22)13-11-16)21(26)20(17-7-3-2-4-8-17)24-14-6-5-9-19(24)25/h2-4,7-8,10-13,20H,5-6,9,14-15H2,1H3. The van der Waals surface area contributed by atoms with Crippen LogP contribution in [-0.2, 0) is 16.1 Å². The minimum Gasteiger partial charge on any atom is -0.339 e. The smallest absolute Gasteiger partial charge is 0.250 e. The molecule has 2 amide bonds. The molecule has 5 heteroatoms. The summed E-state index contributed by atoms with van der Waals surface area (Å²) in [5, 5.41) is 0. The number of benzene rings is 2. The van der Waals surface area contributed by atoms with Crippen LogP contribution in [0.15, 0.2) is 59.1 Å². The van der Waals surface area contributed by atoms with Crippen molar-refractivity contribution in [2.45, 2.75) is 31.8 Å². The molecule has 1 fully saturated rings. The minimum atomic E-state index is -0.551. The fourth-order valence-electron chi connectivity index (χ4n) is 3.34. The summed E-state index contributed by atoms with van der Waals surface area (Å²) >= 11 is 3.43. The van der Waals surface area contributed by atoms with Gasteiger partial charge in [-0.25, -0.2) is 0 Å². The number of nitrogens with zero attached hydrogens (tertiary/aromatic N) is 2. The molecule has 2 aromatic rings. The molecule has 1 aliphatic rings. The Balaban J connectivity index is 1.84. The summed E-state index contributed by atoms with van der Waals surface area (Å²) in [6.07, 6.45) is 2.37. The maximum atomic E-state index is 13.3. The Hall–Kier alpha value is -2.14. The molecule has 1 saturated heterocycles. The summed E-state index contributed by atoms with van der Waals surface area (Å²) in [4.78, 5) is 29.2. The van der Waals surface area contributed by atoms with Crippen LogP contribution in [0.5, 0.6) is 0 Å². The van der Waals surface area contributed by atoms with Crippen molar-refractivity contribution in [1.29, 1.82) is 0 Å². The van der Waals surface area contributed by atoms with Gasteiger partial charge in [0, 0.05) is 31.0 Å². The molecular weight excluding hydrogens is 392 g/mol. The normalized spacial score (nSPS) is 15.6. The number of halogens is 1. The molecule has 0 radical (unpaired) electrons. The number of rotatable bonds is 5. The highest BCUT2D eigenvalue weighted by Gasteiger charge is 2.34. The zero-order chi connectivity index (χ0) is 18.5. The number of piperidine rings is 1. The van der Waals surface area contributed by atoms with Crippen molar-refractivity contribution in [2.24, 2.45) is 0 Å². The second-order valence-corrected chi connectivity index (χ2v) is 7.59. The molecular formula is C21H23BrN2O2. The maximum absolute atomic E-state index is 13.3. The number of likely N-dealkylation sites (tertiary alicyclic amines) is 1. The predicted molar refractivity (Wildman–Crippen MR) is 105 cm³/mol. The Morgan fingerprint density at radius 1 is 1.12 bits per heavy atom. The summed E-state index contributed by atoms with van der Waals surface area (Å²) < 4.78 is 1.01. The van der Waals surface area contributed by atoms with Gasteiger partial charge in [-0.05, 0) is 36.1 Å². The summed E-state index contributed by atoms with van der Waals surface area (Å²) in [6.45, 7) is 1.15. The lowest BCUT2D eigenvalue weighted by Gasteiger charge is -2.36. The van der Waals surface area contributed by atoms with Gasteiger partial charge in [-0.15, -0.1) is 0 Å². The van der Waals surface area contributed by atoms with E-state index < -0.39 is 6.04 Å². The summed E-state index contributed by atoms with van der Waals surface area (Å²) in [5.74, 6) is 0.0184. The molecule has 1 unspecified atom stereocenters. The third-order valence-electron chi connectivity index (χ3n) is 4.73. The Bertz CT molecular complexity index is 761. The quantitative estimate of drug-likeness (QED) is 0.736. The SMILES string of the molecule is CN(Cc1ccc(Br)cc1)C(=O)C(c1ccccc1)N1CCCCC1=O. The van der Waals surface area contributed by atoms with Crippen molar-refractivity contribution >= 4 is 27.7 Å². The van der Waals surface area contributed by atoms with E-state index in [4.69, 9.17) is 0 Å². The van der Waals surface area contributed by atoms with Crippen LogP contribution in [0, 0.1) is 0 Å². The maximum Gasteiger partial charge on any atom is 0.250 e. The summed E-state index contributed by atoms with van der Waals surface area (Å²) in [5.41, 5.74) is 1.93. The molecule has 0 aliphatic carbocycles. The van der Waals surface area contributed by atoms with Crippen LogP contribution in [0.4, 0.5) is 0 Å². The summed E-state index contributed by atoms with van der Waals surface area (Å²) in [7, 11) is 1.80. The van der Waals surface area contributed by atoms with E-state index in [0.29, 0.717) is 19.5 Å². The van der Waals surface area contributed by atoms with Crippen molar-refractivity contribution in [2.75, 3.05) is 13.6 Å². The van der Waals surface area contributed by atoms with E-state index in [1.807, 2.05) is 54.6 Å². The van der Waals surface area contributed by atoms with Gasteiger partial charge < -0.3 is 9.80 Å². The summed E-state index contributed by atoms with van der Waals surface area (Å²) in [6, 6.07) is 17.0. The lowest BCUT2D eigenvalue weighted by atomic mass is 10.00. The van der Waals surface area contributed by atoms with Gasteiger partial charge in [-0.2, -0.15) is 0 Å². The highest BCUT2D eigenvalue weighted by Crippen LogP contribution is 2.27. The molecule has 1 heterocycles. The molecule has 136 valence electrons. The zero-order valence-corrected chi connectivity index (χ0v) is 16.5. The van der Waals surface area contributed by atoms with Gasteiger partial charge in [0.2, 0.25) is 11.8 Å². The van der Waals surface area contributed by atoms with E-state index in [9.17, 15) is 9.59 Å². The van der Waals surface area contributed by atoms with Crippen LogP contribution in [0.2, 0.25) is 0 Å². The van der Waals surface area contributed by atoms with E-state index in [1.54, 1.807) is 16.8 Å². The first-order valence-corrected chi connectivity index (χ1v) is 9.69. The average Bonchev–Trinajstić information content (AvgIpc) is 2.66. The number of amides is 2. The third-order valence-corrected chi connectivity index (χ3v) is 5.26. The topological polar surface area (TPSA) is 40.6 Å². The van der Waals surface area contributed by atoms with Crippen molar-refractivity contribution in [3.8, 4) is 0 Å². The minimum absolute atomic E-state index is 0.0469. The third kappa shape index (κ3) is 4.33. The average molecular weight is 415 g/mol. The van der Waals surface area contributed by atoms with Crippen molar-refractivity contribution < 1.29 is 9.59 Å². The van der Waals surface area contributed by atoms with Crippen molar-refractivity contribution in [1.82, 2.24) is 9.80 Å². The second kappa shape index (κ2) is 8.49. The second-order valence-electron chi connectivity index (χ2n) is 6.68. The van der Waals surface area contributed by atoms with Crippen LogP contribution in [0.25, 0.3) is 0 Å². The number of carbonyl (C=O) groups is 2. The van der Waals surface area contributed by atoms with Crippen LogP contribution >= 0.6 is 15.9 Å². The molecule has 1 aliphatic heterocycles. The van der Waals surface area contributed by atoms with E-state index in [1.165, 1.54) is 0 Å². The van der Waals surface area contributed by atoms with E-state index in [-0.39, 0.29) is 11.8 Å². The Morgan fingerprint density at radius 2 is 1.81 bits per heavy atom. The molecule has 1 atom stereocenters. The Kier molecular flexibility index (Phi) is 6.09. The highest BCUT2D eigenvalue weighted by molar-refractivity contribution is 9.10. The fraction of sp³-hybridized carbons (Fsp3) is 0.333. The van der Waals surface area contributed by atoms with Gasteiger partial charge in [-0.3, -0.25) is 9.59 Å². The first-order valence-electron chi connectivity index (χ1n) is 8.90. The van der Waals surface area contributed by atoms with Crippen LogP contribution in [0.3, 0.4) is 0 Å². The fourth-order valence-corrected chi connectivity index (χ4v) is 3.61. The van der Waals surface area contributed by atoms with Gasteiger partial charge in [0.15, 0.2) is 0 Å². The van der Waals surface area contributed by atoms with Gasteiger partial charge in [-0.1, -0.05) is 58.4 Å². The molecule has 0 saturated carbocycles. The Morgan fingerprint density at radius 3 is 2.46 bits per heavy atom. The van der Waals surface area contributed by atoms with Gasteiger partial charge in [0.25, 0.3) is 0 Å². The van der Waals surface area contributed by atoms with Crippen LogP contribution < -0.4 is 0 Å². The monoisotopic (exact) mass is 414 g/mol. The zero-order valence-electron chi connectivity index (χ0n) is 14.9. The highest BCUT2D eigenvalue weighted by atomic mass is 79.9. The van der Waals surface area contributed by atoms with E-state index in [2.05, 4.69) is 15.9 Å². The predicted octanol–water partition coefficient (Wildman–Crippen LogP) is 4.16.